The summed E-state index contributed by atoms with van der Waals surface area (Å²) < 4.78 is 16.6. The van der Waals surface area contributed by atoms with Crippen LogP contribution in [0.5, 0.6) is 5.75 Å². The van der Waals surface area contributed by atoms with Gasteiger partial charge in [-0.15, -0.1) is 0 Å². The van der Waals surface area contributed by atoms with Gasteiger partial charge in [0.25, 0.3) is 0 Å². The van der Waals surface area contributed by atoms with Crippen LogP contribution in [-0.2, 0) is 9.47 Å². The molecule has 0 aliphatic rings. The highest BCUT2D eigenvalue weighted by atomic mass is 16.7. The van der Waals surface area contributed by atoms with Gasteiger partial charge in [0, 0.05) is 13.2 Å². The van der Waals surface area contributed by atoms with Gasteiger partial charge in [0.15, 0.2) is 12.6 Å². The van der Waals surface area contributed by atoms with Crippen molar-refractivity contribution in [1.29, 1.82) is 0 Å². The lowest BCUT2D eigenvalue weighted by Crippen LogP contribution is -2.25. The molecule has 0 aliphatic heterocycles. The van der Waals surface area contributed by atoms with E-state index in [0.717, 1.165) is 17.4 Å². The number of carbonyl (C=O) groups excluding carboxylic acids is 1. The predicted molar refractivity (Wildman–Crippen MR) is 73.8 cm³/mol. The summed E-state index contributed by atoms with van der Waals surface area (Å²) in [6.07, 6.45) is 0.419. The minimum absolute atomic E-state index is 0.271. The van der Waals surface area contributed by atoms with E-state index in [1.165, 1.54) is 0 Å². The van der Waals surface area contributed by atoms with Crippen molar-refractivity contribution in [2.24, 2.45) is 0 Å². The number of aryl methyl sites for hydroxylation is 2. The molecular formula is C15H22O4. The third-order valence-electron chi connectivity index (χ3n) is 2.80. The number of benzene rings is 1. The average molecular weight is 266 g/mol. The SMILES string of the molecule is CCOC(COc1c(C)ccc(C)c1C=O)OCC. The van der Waals surface area contributed by atoms with Gasteiger partial charge in [-0.1, -0.05) is 12.1 Å². The van der Waals surface area contributed by atoms with Gasteiger partial charge in [0.1, 0.15) is 12.4 Å². The fourth-order valence-electron chi connectivity index (χ4n) is 1.81. The van der Waals surface area contributed by atoms with Crippen molar-refractivity contribution in [3.63, 3.8) is 0 Å². The first-order valence-corrected chi connectivity index (χ1v) is 6.55. The Kier molecular flexibility index (Phi) is 6.53. The van der Waals surface area contributed by atoms with Gasteiger partial charge in [0.2, 0.25) is 0 Å². The second-order valence-corrected chi connectivity index (χ2v) is 4.21. The van der Waals surface area contributed by atoms with Crippen LogP contribution in [-0.4, -0.2) is 32.4 Å². The Morgan fingerprint density at radius 2 is 1.68 bits per heavy atom. The fraction of sp³-hybridized carbons (Fsp3) is 0.533. The molecule has 0 heterocycles. The third-order valence-corrected chi connectivity index (χ3v) is 2.80. The van der Waals surface area contributed by atoms with Crippen LogP contribution in [0.3, 0.4) is 0 Å². The van der Waals surface area contributed by atoms with Gasteiger partial charge < -0.3 is 14.2 Å². The van der Waals surface area contributed by atoms with Crippen molar-refractivity contribution in [1.82, 2.24) is 0 Å². The first-order chi connectivity index (χ1) is 9.13. The van der Waals surface area contributed by atoms with Crippen molar-refractivity contribution in [2.75, 3.05) is 19.8 Å². The number of rotatable bonds is 8. The van der Waals surface area contributed by atoms with Gasteiger partial charge in [-0.3, -0.25) is 4.79 Å². The summed E-state index contributed by atoms with van der Waals surface area (Å²) in [5, 5.41) is 0. The lowest BCUT2D eigenvalue weighted by Gasteiger charge is -2.19. The van der Waals surface area contributed by atoms with Crippen molar-refractivity contribution < 1.29 is 19.0 Å². The van der Waals surface area contributed by atoms with Gasteiger partial charge >= 0.3 is 0 Å². The van der Waals surface area contributed by atoms with E-state index < -0.39 is 6.29 Å². The highest BCUT2D eigenvalue weighted by Gasteiger charge is 2.14. The smallest absolute Gasteiger partial charge is 0.191 e. The molecule has 0 fully saturated rings. The minimum Gasteiger partial charge on any atom is -0.487 e. The zero-order valence-corrected chi connectivity index (χ0v) is 12.1. The molecule has 0 amide bonds. The second-order valence-electron chi connectivity index (χ2n) is 4.21. The van der Waals surface area contributed by atoms with Crippen LogP contribution in [0.4, 0.5) is 0 Å². The summed E-state index contributed by atoms with van der Waals surface area (Å²) in [5.74, 6) is 0.611. The van der Waals surface area contributed by atoms with E-state index in [2.05, 4.69) is 0 Å². The Labute approximate surface area is 114 Å². The van der Waals surface area contributed by atoms with E-state index in [-0.39, 0.29) is 6.61 Å². The largest absolute Gasteiger partial charge is 0.487 e. The van der Waals surface area contributed by atoms with E-state index >= 15 is 0 Å². The number of carbonyl (C=O) groups is 1. The molecule has 0 atom stereocenters. The van der Waals surface area contributed by atoms with Crippen LogP contribution >= 0.6 is 0 Å². The maximum absolute atomic E-state index is 11.2. The highest BCUT2D eigenvalue weighted by molar-refractivity contribution is 5.82. The summed E-state index contributed by atoms with van der Waals surface area (Å²) in [6, 6.07) is 3.85. The van der Waals surface area contributed by atoms with Gasteiger partial charge in [0.05, 0.1) is 5.56 Å². The van der Waals surface area contributed by atoms with Crippen molar-refractivity contribution in [2.45, 2.75) is 34.0 Å². The van der Waals surface area contributed by atoms with Crippen LogP contribution in [0.2, 0.25) is 0 Å². The maximum Gasteiger partial charge on any atom is 0.191 e. The quantitative estimate of drug-likeness (QED) is 0.536. The Morgan fingerprint density at radius 1 is 1.11 bits per heavy atom. The number of hydrogen-bond donors (Lipinski definition) is 0. The average Bonchev–Trinajstić information content (AvgIpc) is 2.40. The Morgan fingerprint density at radius 3 is 2.21 bits per heavy atom. The van der Waals surface area contributed by atoms with E-state index in [9.17, 15) is 4.79 Å². The summed E-state index contributed by atoms with van der Waals surface area (Å²) in [5.41, 5.74) is 2.42. The zero-order valence-electron chi connectivity index (χ0n) is 12.1. The zero-order chi connectivity index (χ0) is 14.3. The molecule has 1 rings (SSSR count). The van der Waals surface area contributed by atoms with Gasteiger partial charge in [-0.2, -0.15) is 0 Å². The molecule has 4 nitrogen and oxygen atoms in total. The second kappa shape index (κ2) is 7.92. The first kappa shape index (κ1) is 15.7. The topological polar surface area (TPSA) is 44.8 Å². The molecule has 0 saturated carbocycles. The Hall–Kier alpha value is -1.39. The first-order valence-electron chi connectivity index (χ1n) is 6.55. The Bertz CT molecular complexity index is 409. The Balaban J connectivity index is 2.81. The molecule has 0 radical (unpaired) electrons. The lowest BCUT2D eigenvalue weighted by atomic mass is 10.1. The summed E-state index contributed by atoms with van der Waals surface area (Å²) in [7, 11) is 0. The molecule has 0 unspecified atom stereocenters. The van der Waals surface area contributed by atoms with Crippen molar-refractivity contribution >= 4 is 6.29 Å². The number of hydrogen-bond acceptors (Lipinski definition) is 4. The normalized spacial score (nSPS) is 10.8. The van der Waals surface area contributed by atoms with Crippen LogP contribution in [0.1, 0.15) is 35.3 Å². The molecule has 4 heteroatoms. The van der Waals surface area contributed by atoms with E-state index in [1.54, 1.807) is 0 Å². The molecule has 0 N–H and O–H groups in total. The lowest BCUT2D eigenvalue weighted by molar-refractivity contribution is -0.152. The minimum atomic E-state index is -0.408. The van der Waals surface area contributed by atoms with Crippen molar-refractivity contribution in [3.05, 3.63) is 28.8 Å². The monoisotopic (exact) mass is 266 g/mol. The van der Waals surface area contributed by atoms with E-state index in [0.29, 0.717) is 24.5 Å². The highest BCUT2D eigenvalue weighted by Crippen LogP contribution is 2.25. The fourth-order valence-corrected chi connectivity index (χ4v) is 1.81. The van der Waals surface area contributed by atoms with Crippen LogP contribution in [0, 0.1) is 13.8 Å². The van der Waals surface area contributed by atoms with Crippen LogP contribution < -0.4 is 4.74 Å². The molecule has 106 valence electrons. The summed E-state index contributed by atoms with van der Waals surface area (Å²) in [6.45, 7) is 8.99. The number of ether oxygens (including phenoxy) is 3. The van der Waals surface area contributed by atoms with Crippen molar-refractivity contribution in [3.8, 4) is 5.75 Å². The van der Waals surface area contributed by atoms with Crippen LogP contribution in [0.15, 0.2) is 12.1 Å². The van der Waals surface area contributed by atoms with Gasteiger partial charge in [-0.25, -0.2) is 0 Å². The molecule has 0 aromatic heterocycles. The summed E-state index contributed by atoms with van der Waals surface area (Å²) >= 11 is 0. The molecule has 1 aromatic carbocycles. The molecular weight excluding hydrogens is 244 g/mol. The molecule has 19 heavy (non-hydrogen) atoms. The molecule has 0 spiro atoms. The molecule has 0 saturated heterocycles. The molecule has 0 bridgehead atoms. The van der Waals surface area contributed by atoms with Crippen LogP contribution in [0.25, 0.3) is 0 Å². The number of aldehydes is 1. The van der Waals surface area contributed by atoms with Gasteiger partial charge in [-0.05, 0) is 38.8 Å². The van der Waals surface area contributed by atoms with E-state index in [1.807, 2.05) is 39.8 Å². The third kappa shape index (κ3) is 4.33. The predicted octanol–water partition coefficient (Wildman–Crippen LogP) is 2.89. The van der Waals surface area contributed by atoms with E-state index in [4.69, 9.17) is 14.2 Å². The standard InChI is InChI=1S/C15H22O4/c1-5-17-14(18-6-2)10-19-15-12(4)8-7-11(3)13(15)9-16/h7-9,14H,5-6,10H2,1-4H3. The molecule has 1 aromatic rings. The summed E-state index contributed by atoms with van der Waals surface area (Å²) in [4.78, 5) is 11.2. The maximum atomic E-state index is 11.2. The molecule has 0 aliphatic carbocycles.